The summed E-state index contributed by atoms with van der Waals surface area (Å²) in [6.07, 6.45) is 0. The summed E-state index contributed by atoms with van der Waals surface area (Å²) >= 11 is 5.76. The molecular weight excluding hydrogens is 517 g/mol. The summed E-state index contributed by atoms with van der Waals surface area (Å²) in [6.45, 7) is 3.31. The molecule has 0 saturated carbocycles. The van der Waals surface area contributed by atoms with Crippen molar-refractivity contribution >= 4 is 44.2 Å². The van der Waals surface area contributed by atoms with E-state index in [2.05, 4.69) is 81.1 Å². The topological polar surface area (TPSA) is 30.5 Å². The maximum atomic E-state index is 6.06. The van der Waals surface area contributed by atoms with Crippen molar-refractivity contribution in [3.63, 3.8) is 0 Å². The first-order valence-electron chi connectivity index (χ1n) is 8.59. The number of methoxy groups -OCH3 is 1. The Morgan fingerprint density at radius 2 is 1.67 bits per heavy atom. The average molecular weight is 538 g/mol. The van der Waals surface area contributed by atoms with Gasteiger partial charge in [0.2, 0.25) is 0 Å². The number of anilines is 1. The minimum Gasteiger partial charge on any atom is -0.493 e. The van der Waals surface area contributed by atoms with Gasteiger partial charge in [0.25, 0.3) is 0 Å². The quantitative estimate of drug-likeness (QED) is 0.346. The third kappa shape index (κ3) is 5.62. The molecule has 1 N–H and O–H groups in total. The van der Waals surface area contributed by atoms with E-state index in [1.165, 1.54) is 5.56 Å². The van der Waals surface area contributed by atoms with E-state index in [4.69, 9.17) is 9.47 Å². The van der Waals surface area contributed by atoms with Crippen LogP contribution in [-0.2, 0) is 13.2 Å². The summed E-state index contributed by atoms with van der Waals surface area (Å²) < 4.78 is 13.7. The number of rotatable bonds is 7. The van der Waals surface area contributed by atoms with Crippen LogP contribution >= 0.6 is 38.5 Å². The summed E-state index contributed by atoms with van der Waals surface area (Å²) in [5.74, 6) is 1.53. The molecule has 0 atom stereocenters. The van der Waals surface area contributed by atoms with Gasteiger partial charge in [-0.1, -0.05) is 45.8 Å². The van der Waals surface area contributed by atoms with Crippen LogP contribution in [0, 0.1) is 10.5 Å². The van der Waals surface area contributed by atoms with Crippen molar-refractivity contribution in [3.05, 3.63) is 85.4 Å². The van der Waals surface area contributed by atoms with Crippen LogP contribution in [0.4, 0.5) is 5.69 Å². The fourth-order valence-electron chi connectivity index (χ4n) is 2.63. The van der Waals surface area contributed by atoms with Gasteiger partial charge >= 0.3 is 0 Å². The van der Waals surface area contributed by atoms with Gasteiger partial charge in [0, 0.05) is 16.7 Å². The van der Waals surface area contributed by atoms with Gasteiger partial charge in [-0.05, 0) is 77.0 Å². The zero-order valence-electron chi connectivity index (χ0n) is 15.3. The van der Waals surface area contributed by atoms with Crippen LogP contribution in [0.15, 0.2) is 65.1 Å². The second-order valence-electron chi connectivity index (χ2n) is 6.24. The normalized spacial score (nSPS) is 10.5. The lowest BCUT2D eigenvalue weighted by atomic mass is 10.1. The van der Waals surface area contributed by atoms with Gasteiger partial charge < -0.3 is 14.8 Å². The monoisotopic (exact) mass is 537 g/mol. The molecule has 3 aromatic rings. The molecule has 0 saturated heterocycles. The van der Waals surface area contributed by atoms with Crippen molar-refractivity contribution in [2.24, 2.45) is 0 Å². The largest absolute Gasteiger partial charge is 0.493 e. The molecule has 3 rings (SSSR count). The molecule has 140 valence electrons. The van der Waals surface area contributed by atoms with Crippen molar-refractivity contribution in [2.75, 3.05) is 12.4 Å². The highest BCUT2D eigenvalue weighted by Crippen LogP contribution is 2.34. The molecule has 0 aliphatic rings. The number of halogens is 2. The van der Waals surface area contributed by atoms with E-state index in [9.17, 15) is 0 Å². The lowest BCUT2D eigenvalue weighted by Crippen LogP contribution is -2.03. The number of ether oxygens (including phenoxy) is 2. The Morgan fingerprint density at radius 1 is 0.963 bits per heavy atom. The fourth-order valence-corrected chi connectivity index (χ4v) is 3.71. The van der Waals surface area contributed by atoms with E-state index in [1.807, 2.05) is 30.3 Å². The molecule has 0 aromatic heterocycles. The molecule has 0 aliphatic heterocycles. The van der Waals surface area contributed by atoms with Crippen LogP contribution in [-0.4, -0.2) is 7.11 Å². The number of hydrogen-bond donors (Lipinski definition) is 1. The zero-order chi connectivity index (χ0) is 19.2. The zero-order valence-corrected chi connectivity index (χ0v) is 19.0. The predicted octanol–water partition coefficient (Wildman–Crippen LogP) is 6.56. The minimum absolute atomic E-state index is 0.517. The summed E-state index contributed by atoms with van der Waals surface area (Å²) in [6, 6.07) is 20.7. The van der Waals surface area contributed by atoms with Gasteiger partial charge in [-0.2, -0.15) is 0 Å². The Morgan fingerprint density at radius 3 is 2.33 bits per heavy atom. The number of hydrogen-bond acceptors (Lipinski definition) is 3. The van der Waals surface area contributed by atoms with Crippen LogP contribution < -0.4 is 14.8 Å². The van der Waals surface area contributed by atoms with E-state index < -0.39 is 0 Å². The smallest absolute Gasteiger partial charge is 0.174 e. The Hall–Kier alpha value is -1.73. The van der Waals surface area contributed by atoms with Crippen LogP contribution in [0.2, 0.25) is 0 Å². The van der Waals surface area contributed by atoms with E-state index in [0.29, 0.717) is 13.2 Å². The van der Waals surface area contributed by atoms with Gasteiger partial charge in [0.05, 0.1) is 10.7 Å². The second-order valence-corrected chi connectivity index (χ2v) is 8.32. The Balaban J connectivity index is 1.70. The molecule has 0 bridgehead atoms. The number of aryl methyl sites for hydroxylation is 1. The Kier molecular flexibility index (Phi) is 7.01. The van der Waals surface area contributed by atoms with Crippen LogP contribution in [0.1, 0.15) is 16.7 Å². The van der Waals surface area contributed by atoms with E-state index >= 15 is 0 Å². The Labute approximate surface area is 182 Å². The highest BCUT2D eigenvalue weighted by atomic mass is 127. The molecular formula is C22H21BrINO2. The first-order valence-corrected chi connectivity index (χ1v) is 10.5. The van der Waals surface area contributed by atoms with Crippen molar-refractivity contribution in [1.29, 1.82) is 0 Å². The first kappa shape index (κ1) is 20.0. The molecule has 0 amide bonds. The molecule has 0 aliphatic carbocycles. The minimum atomic E-state index is 0.517. The van der Waals surface area contributed by atoms with Crippen molar-refractivity contribution in [3.8, 4) is 11.5 Å². The van der Waals surface area contributed by atoms with Crippen molar-refractivity contribution in [1.82, 2.24) is 0 Å². The van der Waals surface area contributed by atoms with Crippen LogP contribution in [0.5, 0.6) is 11.5 Å². The third-order valence-corrected chi connectivity index (χ3v) is 5.46. The molecule has 5 heteroatoms. The summed E-state index contributed by atoms with van der Waals surface area (Å²) in [7, 11) is 1.68. The van der Waals surface area contributed by atoms with Gasteiger partial charge in [-0.3, -0.25) is 0 Å². The summed E-state index contributed by atoms with van der Waals surface area (Å²) in [5, 5.41) is 3.43. The van der Waals surface area contributed by atoms with Crippen molar-refractivity contribution < 1.29 is 9.47 Å². The number of nitrogens with one attached hydrogen (secondary N) is 1. The average Bonchev–Trinajstić information content (AvgIpc) is 2.67. The van der Waals surface area contributed by atoms with Crippen molar-refractivity contribution in [2.45, 2.75) is 20.1 Å². The number of benzene rings is 3. The highest BCUT2D eigenvalue weighted by molar-refractivity contribution is 14.1. The molecule has 0 fully saturated rings. The van der Waals surface area contributed by atoms with E-state index in [0.717, 1.165) is 36.4 Å². The molecule has 3 nitrogen and oxygen atoms in total. The molecule has 3 aromatic carbocycles. The molecule has 0 radical (unpaired) electrons. The first-order chi connectivity index (χ1) is 13.0. The lowest BCUT2D eigenvalue weighted by molar-refractivity contribution is 0.282. The Bertz CT molecular complexity index is 895. The predicted molar refractivity (Wildman–Crippen MR) is 123 cm³/mol. The van der Waals surface area contributed by atoms with Crippen LogP contribution in [0.25, 0.3) is 0 Å². The SMILES string of the molecule is COc1cc(CNc2ccc(Br)cc2)cc(I)c1OCc1ccc(C)cc1. The third-order valence-electron chi connectivity index (χ3n) is 4.13. The maximum absolute atomic E-state index is 6.06. The fraction of sp³-hybridized carbons (Fsp3) is 0.182. The maximum Gasteiger partial charge on any atom is 0.174 e. The van der Waals surface area contributed by atoms with Gasteiger partial charge in [-0.15, -0.1) is 0 Å². The van der Waals surface area contributed by atoms with E-state index in [-0.39, 0.29) is 0 Å². The molecule has 0 unspecified atom stereocenters. The van der Waals surface area contributed by atoms with E-state index in [1.54, 1.807) is 7.11 Å². The standard InChI is InChI=1S/C22H21BrINO2/c1-15-3-5-16(6-4-15)14-27-22-20(24)11-17(12-21(22)26-2)13-25-19-9-7-18(23)8-10-19/h3-12,25H,13-14H2,1-2H3. The summed E-state index contributed by atoms with van der Waals surface area (Å²) in [4.78, 5) is 0. The lowest BCUT2D eigenvalue weighted by Gasteiger charge is -2.15. The van der Waals surface area contributed by atoms with Gasteiger partial charge in [-0.25, -0.2) is 0 Å². The summed E-state index contributed by atoms with van der Waals surface area (Å²) in [5.41, 5.74) is 4.60. The molecule has 0 spiro atoms. The van der Waals surface area contributed by atoms with Gasteiger partial charge in [0.15, 0.2) is 11.5 Å². The highest BCUT2D eigenvalue weighted by Gasteiger charge is 2.12. The van der Waals surface area contributed by atoms with Crippen LogP contribution in [0.3, 0.4) is 0 Å². The van der Waals surface area contributed by atoms with Gasteiger partial charge in [0.1, 0.15) is 6.61 Å². The molecule has 27 heavy (non-hydrogen) atoms. The molecule has 0 heterocycles. The second kappa shape index (κ2) is 9.46.